The maximum atomic E-state index is 12.3. The topological polar surface area (TPSA) is 72.5 Å². The number of hydrogen-bond acceptors (Lipinski definition) is 4. The Balaban J connectivity index is 2.81. The van der Waals surface area contributed by atoms with E-state index in [9.17, 15) is 13.8 Å². The molecular formula is C15H21NO4S. The smallest absolute Gasteiger partial charge is 0.329 e. The molecule has 5 nitrogen and oxygen atoms in total. The van der Waals surface area contributed by atoms with E-state index in [1.165, 1.54) is 14.0 Å². The zero-order valence-corrected chi connectivity index (χ0v) is 13.5. The van der Waals surface area contributed by atoms with Crippen LogP contribution in [0, 0.1) is 0 Å². The van der Waals surface area contributed by atoms with E-state index in [4.69, 9.17) is 0 Å². The number of hydrogen-bond donors (Lipinski definition) is 1. The number of ether oxygens (including phenoxy) is 1. The van der Waals surface area contributed by atoms with E-state index >= 15 is 0 Å². The minimum atomic E-state index is -1.39. The van der Waals surface area contributed by atoms with Crippen LogP contribution in [0.25, 0.3) is 0 Å². The van der Waals surface area contributed by atoms with Crippen molar-refractivity contribution in [3.63, 3.8) is 0 Å². The summed E-state index contributed by atoms with van der Waals surface area (Å²) < 4.78 is 16.9. The number of esters is 1. The van der Waals surface area contributed by atoms with Gasteiger partial charge in [-0.1, -0.05) is 26.0 Å². The van der Waals surface area contributed by atoms with Crippen LogP contribution in [-0.4, -0.2) is 35.0 Å². The van der Waals surface area contributed by atoms with Crippen molar-refractivity contribution in [2.45, 2.75) is 37.6 Å². The van der Waals surface area contributed by atoms with E-state index in [0.29, 0.717) is 10.8 Å². The van der Waals surface area contributed by atoms with Gasteiger partial charge in [0.05, 0.1) is 23.7 Å². The summed E-state index contributed by atoms with van der Waals surface area (Å²) in [6.45, 7) is 5.46. The Hall–Kier alpha value is -1.69. The van der Waals surface area contributed by atoms with Gasteiger partial charge in [-0.25, -0.2) is 4.79 Å². The van der Waals surface area contributed by atoms with Gasteiger partial charge in [0.25, 0.3) is 0 Å². The van der Waals surface area contributed by atoms with Crippen LogP contribution in [0.2, 0.25) is 0 Å². The van der Waals surface area contributed by atoms with Crippen LogP contribution in [0.5, 0.6) is 0 Å². The average molecular weight is 311 g/mol. The fraction of sp³-hybridized carbons (Fsp3) is 0.467. The molecule has 1 aromatic carbocycles. The second-order valence-electron chi connectivity index (χ2n) is 5.01. The highest BCUT2D eigenvalue weighted by molar-refractivity contribution is 7.85. The molecule has 0 aliphatic carbocycles. The van der Waals surface area contributed by atoms with Gasteiger partial charge in [-0.3, -0.25) is 9.00 Å². The van der Waals surface area contributed by atoms with Crippen molar-refractivity contribution in [1.29, 1.82) is 0 Å². The molecule has 2 atom stereocenters. The van der Waals surface area contributed by atoms with E-state index in [2.05, 4.69) is 23.9 Å². The van der Waals surface area contributed by atoms with Crippen LogP contribution >= 0.6 is 0 Å². The van der Waals surface area contributed by atoms with Crippen molar-refractivity contribution < 1.29 is 18.5 Å². The lowest BCUT2D eigenvalue weighted by Crippen LogP contribution is -2.44. The number of rotatable bonds is 6. The fourth-order valence-corrected chi connectivity index (χ4v) is 2.96. The lowest BCUT2D eigenvalue weighted by Gasteiger charge is -2.15. The maximum Gasteiger partial charge on any atom is 0.329 e. The van der Waals surface area contributed by atoms with Gasteiger partial charge in [-0.05, 0) is 23.6 Å². The van der Waals surface area contributed by atoms with Crippen molar-refractivity contribution >= 4 is 22.7 Å². The van der Waals surface area contributed by atoms with E-state index in [1.807, 2.05) is 12.1 Å². The first-order valence-electron chi connectivity index (χ1n) is 6.68. The van der Waals surface area contributed by atoms with E-state index in [0.717, 1.165) is 5.56 Å². The molecule has 1 N–H and O–H groups in total. The van der Waals surface area contributed by atoms with Gasteiger partial charge in [0.1, 0.15) is 6.04 Å². The third kappa shape index (κ3) is 5.30. The van der Waals surface area contributed by atoms with Crippen LogP contribution in [0.1, 0.15) is 32.3 Å². The molecule has 2 unspecified atom stereocenters. The van der Waals surface area contributed by atoms with Crippen LogP contribution in [-0.2, 0) is 25.1 Å². The minimum absolute atomic E-state index is 0.00667. The third-order valence-corrected chi connectivity index (χ3v) is 4.42. The first kappa shape index (κ1) is 17.4. The minimum Gasteiger partial charge on any atom is -0.467 e. The van der Waals surface area contributed by atoms with Gasteiger partial charge < -0.3 is 10.1 Å². The highest BCUT2D eigenvalue weighted by Gasteiger charge is 2.23. The van der Waals surface area contributed by atoms with Crippen molar-refractivity contribution in [1.82, 2.24) is 5.32 Å². The number of amides is 1. The summed E-state index contributed by atoms with van der Waals surface area (Å²) in [6.07, 6.45) is 0. The van der Waals surface area contributed by atoms with Gasteiger partial charge in [0.15, 0.2) is 0 Å². The Kier molecular flexibility index (Phi) is 6.55. The molecule has 0 aliphatic rings. The Bertz CT molecular complexity index is 525. The summed E-state index contributed by atoms with van der Waals surface area (Å²) in [5.41, 5.74) is 1.15. The number of nitrogens with one attached hydrogen (secondary N) is 1. The summed E-state index contributed by atoms with van der Waals surface area (Å²) in [6, 6.07) is 6.51. The molecule has 1 rings (SSSR count). The standard InChI is InChI=1S/C15H21NO4S/c1-10(2)12-5-7-13(8-6-12)21(19)9-14(15(18)20-4)16-11(3)17/h5-8,10,14H,9H2,1-4H3,(H,16,17). The molecular weight excluding hydrogens is 290 g/mol. The number of methoxy groups -OCH3 is 1. The van der Waals surface area contributed by atoms with Gasteiger partial charge in [-0.15, -0.1) is 0 Å². The number of carbonyl (C=O) groups excluding carboxylic acids is 2. The first-order valence-corrected chi connectivity index (χ1v) is 8.00. The fourth-order valence-electron chi connectivity index (χ4n) is 1.81. The van der Waals surface area contributed by atoms with Gasteiger partial charge in [-0.2, -0.15) is 0 Å². The summed E-state index contributed by atoms with van der Waals surface area (Å²) in [4.78, 5) is 23.3. The average Bonchev–Trinajstić information content (AvgIpc) is 2.45. The molecule has 1 amide bonds. The lowest BCUT2D eigenvalue weighted by atomic mass is 10.0. The van der Waals surface area contributed by atoms with Crippen LogP contribution in [0.4, 0.5) is 0 Å². The molecule has 0 radical (unpaired) electrons. The molecule has 0 bridgehead atoms. The molecule has 116 valence electrons. The van der Waals surface area contributed by atoms with E-state index in [-0.39, 0.29) is 11.7 Å². The van der Waals surface area contributed by atoms with Crippen LogP contribution in [0.3, 0.4) is 0 Å². The Morgan fingerprint density at radius 2 is 1.81 bits per heavy atom. The summed E-state index contributed by atoms with van der Waals surface area (Å²) >= 11 is 0. The Morgan fingerprint density at radius 3 is 2.24 bits per heavy atom. The summed E-state index contributed by atoms with van der Waals surface area (Å²) in [5, 5.41) is 2.45. The molecule has 6 heteroatoms. The maximum absolute atomic E-state index is 12.3. The van der Waals surface area contributed by atoms with Crippen molar-refractivity contribution in [3.05, 3.63) is 29.8 Å². The highest BCUT2D eigenvalue weighted by Crippen LogP contribution is 2.17. The predicted molar refractivity (Wildman–Crippen MR) is 81.4 cm³/mol. The van der Waals surface area contributed by atoms with Gasteiger partial charge in [0, 0.05) is 11.8 Å². The zero-order chi connectivity index (χ0) is 16.0. The quantitative estimate of drug-likeness (QED) is 0.810. The number of benzene rings is 1. The monoisotopic (exact) mass is 311 g/mol. The predicted octanol–water partition coefficient (Wildman–Crippen LogP) is 1.60. The molecule has 0 saturated carbocycles. The van der Waals surface area contributed by atoms with Gasteiger partial charge >= 0.3 is 5.97 Å². The van der Waals surface area contributed by atoms with Gasteiger partial charge in [0.2, 0.25) is 5.91 Å². The van der Waals surface area contributed by atoms with E-state index in [1.54, 1.807) is 12.1 Å². The molecule has 0 aliphatic heterocycles. The molecule has 0 aromatic heterocycles. The summed E-state index contributed by atoms with van der Waals surface area (Å²) in [7, 11) is -0.156. The Labute approximate surface area is 127 Å². The molecule has 0 spiro atoms. The van der Waals surface area contributed by atoms with Crippen LogP contribution in [0.15, 0.2) is 29.2 Å². The van der Waals surface area contributed by atoms with E-state index < -0.39 is 22.8 Å². The Morgan fingerprint density at radius 1 is 1.24 bits per heavy atom. The molecule has 21 heavy (non-hydrogen) atoms. The SMILES string of the molecule is COC(=O)C(CS(=O)c1ccc(C(C)C)cc1)NC(C)=O. The second-order valence-corrected chi connectivity index (χ2v) is 6.51. The lowest BCUT2D eigenvalue weighted by molar-refractivity contribution is -0.144. The van der Waals surface area contributed by atoms with Crippen molar-refractivity contribution in [2.75, 3.05) is 12.9 Å². The molecule has 1 aromatic rings. The van der Waals surface area contributed by atoms with Crippen LogP contribution < -0.4 is 5.32 Å². The third-order valence-electron chi connectivity index (χ3n) is 2.99. The molecule has 0 heterocycles. The molecule has 0 fully saturated rings. The normalized spacial score (nSPS) is 13.6. The van der Waals surface area contributed by atoms with Crippen molar-refractivity contribution in [2.24, 2.45) is 0 Å². The zero-order valence-electron chi connectivity index (χ0n) is 12.7. The molecule has 0 saturated heterocycles. The first-order chi connectivity index (χ1) is 9.85. The highest BCUT2D eigenvalue weighted by atomic mass is 32.2. The van der Waals surface area contributed by atoms with Crippen molar-refractivity contribution in [3.8, 4) is 0 Å². The largest absolute Gasteiger partial charge is 0.467 e. The number of carbonyl (C=O) groups is 2. The summed E-state index contributed by atoms with van der Waals surface area (Å²) in [5.74, 6) is -0.572. The second kappa shape index (κ2) is 7.93.